The van der Waals surface area contributed by atoms with E-state index in [9.17, 15) is 27.5 Å². The lowest BCUT2D eigenvalue weighted by Gasteiger charge is -2.31. The molecule has 134 valence electrons. The quantitative estimate of drug-likeness (QED) is 0.781. The van der Waals surface area contributed by atoms with E-state index in [4.69, 9.17) is 0 Å². The Balaban J connectivity index is 1.98. The van der Waals surface area contributed by atoms with E-state index < -0.39 is 30.0 Å². The Morgan fingerprint density at radius 2 is 1.60 bits per heavy atom. The number of aryl methyl sites for hydroxylation is 1. The Morgan fingerprint density at radius 1 is 1.00 bits per heavy atom. The lowest BCUT2D eigenvalue weighted by Crippen LogP contribution is -2.51. The Labute approximate surface area is 142 Å². The van der Waals surface area contributed by atoms with E-state index in [1.54, 1.807) is 0 Å². The van der Waals surface area contributed by atoms with Crippen LogP contribution in [0.15, 0.2) is 54.6 Å². The smallest absolute Gasteiger partial charge is 0.375 e. The number of carbonyl (C=O) groups excluding carboxylic acids is 1. The zero-order valence-electron chi connectivity index (χ0n) is 13.2. The van der Waals surface area contributed by atoms with Gasteiger partial charge in [0.1, 0.15) is 5.82 Å². The van der Waals surface area contributed by atoms with Gasteiger partial charge in [-0.15, -0.1) is 0 Å². The highest BCUT2D eigenvalue weighted by Crippen LogP contribution is 2.38. The molecule has 2 N–H and O–H groups in total. The zero-order valence-corrected chi connectivity index (χ0v) is 13.2. The van der Waals surface area contributed by atoms with Crippen molar-refractivity contribution in [2.24, 2.45) is 0 Å². The number of alkyl halides is 3. The molecule has 25 heavy (non-hydrogen) atoms. The number of rotatable bonds is 6. The molecule has 1 unspecified atom stereocenters. The summed E-state index contributed by atoms with van der Waals surface area (Å²) >= 11 is 0. The predicted octanol–water partition coefficient (Wildman–Crippen LogP) is 3.32. The SMILES string of the molecule is O=C(CCc1ccc(F)cc1)NCC(O)(c1ccccc1)C(F)(F)F. The Morgan fingerprint density at radius 3 is 2.16 bits per heavy atom. The van der Waals surface area contributed by atoms with Crippen molar-refractivity contribution >= 4 is 5.91 Å². The average Bonchev–Trinajstić information content (AvgIpc) is 2.59. The summed E-state index contributed by atoms with van der Waals surface area (Å²) in [5.41, 5.74) is -2.83. The number of benzene rings is 2. The van der Waals surface area contributed by atoms with Gasteiger partial charge in [0.25, 0.3) is 0 Å². The highest BCUT2D eigenvalue weighted by Gasteiger charge is 2.55. The molecule has 0 bridgehead atoms. The minimum absolute atomic E-state index is 0.0750. The van der Waals surface area contributed by atoms with Gasteiger partial charge in [-0.3, -0.25) is 4.79 Å². The largest absolute Gasteiger partial charge is 0.423 e. The number of halogens is 4. The van der Waals surface area contributed by atoms with Crippen LogP contribution >= 0.6 is 0 Å². The maximum atomic E-state index is 13.3. The van der Waals surface area contributed by atoms with Crippen molar-refractivity contribution in [2.75, 3.05) is 6.54 Å². The van der Waals surface area contributed by atoms with Crippen LogP contribution in [0.5, 0.6) is 0 Å². The number of hydrogen-bond acceptors (Lipinski definition) is 2. The van der Waals surface area contributed by atoms with Gasteiger partial charge in [0.2, 0.25) is 11.5 Å². The van der Waals surface area contributed by atoms with E-state index >= 15 is 0 Å². The first-order valence-electron chi connectivity index (χ1n) is 7.58. The van der Waals surface area contributed by atoms with Crippen LogP contribution in [-0.2, 0) is 16.8 Å². The molecule has 0 aliphatic carbocycles. The normalized spacial score (nSPS) is 14.0. The first-order valence-corrected chi connectivity index (χ1v) is 7.58. The summed E-state index contributed by atoms with van der Waals surface area (Å²) in [6.07, 6.45) is -4.77. The molecule has 0 saturated heterocycles. The van der Waals surface area contributed by atoms with Gasteiger partial charge in [0.15, 0.2) is 0 Å². The summed E-state index contributed by atoms with van der Waals surface area (Å²) in [4.78, 5) is 11.8. The van der Waals surface area contributed by atoms with Crippen molar-refractivity contribution in [3.05, 3.63) is 71.5 Å². The lowest BCUT2D eigenvalue weighted by molar-refractivity contribution is -0.264. The maximum absolute atomic E-state index is 13.3. The standard InChI is InChI=1S/C18H17F4NO2/c19-15-9-6-13(7-10-15)8-11-16(24)23-12-17(25,18(20,21)22)14-4-2-1-3-5-14/h1-7,9-10,25H,8,11-12H2,(H,23,24). The van der Waals surface area contributed by atoms with Gasteiger partial charge < -0.3 is 10.4 Å². The van der Waals surface area contributed by atoms with E-state index in [-0.39, 0.29) is 18.4 Å². The summed E-state index contributed by atoms with van der Waals surface area (Å²) in [5.74, 6) is -1.05. The fourth-order valence-corrected chi connectivity index (χ4v) is 2.30. The molecule has 0 aromatic heterocycles. The fourth-order valence-electron chi connectivity index (χ4n) is 2.30. The average molecular weight is 355 g/mol. The molecule has 0 aliphatic heterocycles. The molecular formula is C18H17F4NO2. The summed E-state index contributed by atoms with van der Waals surface area (Å²) in [6.45, 7) is -0.983. The molecule has 2 aromatic rings. The van der Waals surface area contributed by atoms with E-state index in [0.29, 0.717) is 5.56 Å². The highest BCUT2D eigenvalue weighted by atomic mass is 19.4. The van der Waals surface area contributed by atoms with Gasteiger partial charge in [-0.25, -0.2) is 4.39 Å². The van der Waals surface area contributed by atoms with Crippen LogP contribution in [0.25, 0.3) is 0 Å². The molecule has 0 saturated carbocycles. The molecular weight excluding hydrogens is 338 g/mol. The fraction of sp³-hybridized carbons (Fsp3) is 0.278. The van der Waals surface area contributed by atoms with Gasteiger partial charge in [-0.2, -0.15) is 13.2 Å². The topological polar surface area (TPSA) is 49.3 Å². The van der Waals surface area contributed by atoms with E-state index in [1.165, 1.54) is 42.5 Å². The molecule has 1 atom stereocenters. The van der Waals surface area contributed by atoms with Gasteiger partial charge in [0.05, 0.1) is 6.54 Å². The molecule has 0 radical (unpaired) electrons. The Kier molecular flexibility index (Phi) is 5.79. The summed E-state index contributed by atoms with van der Waals surface area (Å²) in [7, 11) is 0. The molecule has 3 nitrogen and oxygen atoms in total. The zero-order chi connectivity index (χ0) is 18.5. The summed E-state index contributed by atoms with van der Waals surface area (Å²) in [5, 5.41) is 12.2. The number of nitrogens with one attached hydrogen (secondary N) is 1. The minimum Gasteiger partial charge on any atom is -0.375 e. The number of aliphatic hydroxyl groups is 1. The van der Waals surface area contributed by atoms with Crippen LogP contribution in [0.1, 0.15) is 17.5 Å². The molecule has 0 heterocycles. The van der Waals surface area contributed by atoms with Crippen LogP contribution in [0.4, 0.5) is 17.6 Å². The van der Waals surface area contributed by atoms with E-state index in [0.717, 1.165) is 12.1 Å². The van der Waals surface area contributed by atoms with Crippen LogP contribution < -0.4 is 5.32 Å². The molecule has 1 amide bonds. The van der Waals surface area contributed by atoms with Crippen LogP contribution in [0.2, 0.25) is 0 Å². The summed E-state index contributed by atoms with van der Waals surface area (Å²) in [6, 6.07) is 12.1. The summed E-state index contributed by atoms with van der Waals surface area (Å²) < 4.78 is 52.7. The van der Waals surface area contributed by atoms with Crippen molar-refractivity contribution in [3.63, 3.8) is 0 Å². The van der Waals surface area contributed by atoms with Gasteiger partial charge >= 0.3 is 6.18 Å². The third-order valence-corrected chi connectivity index (χ3v) is 3.82. The second-order valence-electron chi connectivity index (χ2n) is 5.63. The first kappa shape index (κ1) is 18.9. The maximum Gasteiger partial charge on any atom is 0.423 e. The predicted molar refractivity (Wildman–Crippen MR) is 84.1 cm³/mol. The van der Waals surface area contributed by atoms with Gasteiger partial charge in [0, 0.05) is 6.42 Å². The highest BCUT2D eigenvalue weighted by molar-refractivity contribution is 5.76. The monoisotopic (exact) mass is 355 g/mol. The van der Waals surface area contributed by atoms with E-state index in [2.05, 4.69) is 5.32 Å². The first-order chi connectivity index (χ1) is 11.7. The molecule has 0 fully saturated rings. The third-order valence-electron chi connectivity index (χ3n) is 3.82. The second-order valence-corrected chi connectivity index (χ2v) is 5.63. The van der Waals surface area contributed by atoms with Crippen molar-refractivity contribution < 1.29 is 27.5 Å². The Hall–Kier alpha value is -2.41. The molecule has 2 rings (SSSR count). The number of carbonyl (C=O) groups is 1. The van der Waals surface area contributed by atoms with Crippen LogP contribution in [-0.4, -0.2) is 23.7 Å². The Bertz CT molecular complexity index is 701. The van der Waals surface area contributed by atoms with Crippen molar-refractivity contribution in [2.45, 2.75) is 24.6 Å². The van der Waals surface area contributed by atoms with Crippen molar-refractivity contribution in [1.29, 1.82) is 0 Å². The van der Waals surface area contributed by atoms with Crippen LogP contribution in [0.3, 0.4) is 0 Å². The van der Waals surface area contributed by atoms with Crippen LogP contribution in [0, 0.1) is 5.82 Å². The van der Waals surface area contributed by atoms with Gasteiger partial charge in [-0.1, -0.05) is 42.5 Å². The van der Waals surface area contributed by atoms with Crippen molar-refractivity contribution in [3.8, 4) is 0 Å². The van der Waals surface area contributed by atoms with Gasteiger partial charge in [-0.05, 0) is 29.7 Å². The second kappa shape index (κ2) is 7.65. The number of amides is 1. The lowest BCUT2D eigenvalue weighted by atomic mass is 9.93. The molecule has 2 aromatic carbocycles. The molecule has 0 spiro atoms. The minimum atomic E-state index is -4.95. The van der Waals surface area contributed by atoms with Crippen molar-refractivity contribution in [1.82, 2.24) is 5.32 Å². The molecule has 0 aliphatic rings. The third kappa shape index (κ3) is 4.79. The van der Waals surface area contributed by atoms with E-state index in [1.807, 2.05) is 0 Å². The number of hydrogen-bond donors (Lipinski definition) is 2. The molecule has 7 heteroatoms.